The lowest BCUT2D eigenvalue weighted by molar-refractivity contribution is 0.0783. The van der Waals surface area contributed by atoms with E-state index in [-0.39, 0.29) is 12.0 Å². The van der Waals surface area contributed by atoms with Crippen molar-refractivity contribution in [2.24, 2.45) is 0 Å². The predicted molar refractivity (Wildman–Crippen MR) is 109 cm³/mol. The van der Waals surface area contributed by atoms with E-state index in [0.29, 0.717) is 12.1 Å². The molecule has 1 amide bonds. The van der Waals surface area contributed by atoms with Crippen LogP contribution < -0.4 is 4.74 Å². The summed E-state index contributed by atoms with van der Waals surface area (Å²) in [4.78, 5) is 18.9. The highest BCUT2D eigenvalue weighted by atomic mass is 16.5. The van der Waals surface area contributed by atoms with Crippen molar-refractivity contribution in [1.82, 2.24) is 24.9 Å². The van der Waals surface area contributed by atoms with Crippen LogP contribution in [0, 0.1) is 0 Å². The molecule has 1 N–H and O–H groups in total. The fourth-order valence-corrected chi connectivity index (χ4v) is 3.37. The summed E-state index contributed by atoms with van der Waals surface area (Å²) in [7, 11) is 5.86. The third kappa shape index (κ3) is 5.81. The van der Waals surface area contributed by atoms with Crippen molar-refractivity contribution in [2.75, 3.05) is 47.3 Å². The Hall–Kier alpha value is -2.38. The number of aromatic nitrogens is 2. The summed E-state index contributed by atoms with van der Waals surface area (Å²) in [5, 5.41) is 7.02. The number of piperidine rings is 1. The van der Waals surface area contributed by atoms with E-state index in [1.165, 1.54) is 0 Å². The third-order valence-electron chi connectivity index (χ3n) is 5.10. The molecule has 1 aliphatic heterocycles. The van der Waals surface area contributed by atoms with Crippen LogP contribution in [-0.4, -0.2) is 84.2 Å². The number of carbonyl (C=O) groups is 1. The number of H-pyrrole nitrogens is 1. The number of likely N-dealkylation sites (N-methyl/N-ethyl adjacent to an activating group) is 2. The normalized spacial score (nSPS) is 15.7. The van der Waals surface area contributed by atoms with E-state index >= 15 is 0 Å². The van der Waals surface area contributed by atoms with E-state index in [0.717, 1.165) is 50.5 Å². The Morgan fingerprint density at radius 2 is 2.00 bits per heavy atom. The molecule has 1 fully saturated rings. The van der Waals surface area contributed by atoms with Crippen LogP contribution in [0.2, 0.25) is 0 Å². The van der Waals surface area contributed by atoms with Crippen LogP contribution in [0.3, 0.4) is 0 Å². The monoisotopic (exact) mass is 385 g/mol. The molecule has 1 aromatic carbocycles. The number of rotatable bonds is 8. The number of nitrogens with one attached hydrogen (secondary N) is 1. The maximum Gasteiger partial charge on any atom is 0.253 e. The van der Waals surface area contributed by atoms with Crippen LogP contribution in [0.1, 0.15) is 28.9 Å². The molecule has 0 saturated carbocycles. The standard InChI is InChI=1S/C21H31N5O2/c1-24(2)13-14-25(3)21(27)17-5-4-6-20(15-17)28-19-8-11-26(12-9-19)16-18-7-10-22-23-18/h4-7,10,15,19H,8-9,11-14,16H2,1-3H3,(H,22,23). The van der Waals surface area contributed by atoms with Crippen molar-refractivity contribution in [3.8, 4) is 5.75 Å². The summed E-state index contributed by atoms with van der Waals surface area (Å²) in [5.41, 5.74) is 1.82. The molecule has 0 bridgehead atoms. The lowest BCUT2D eigenvalue weighted by Crippen LogP contribution is -2.38. The Balaban J connectivity index is 1.50. The minimum atomic E-state index is 0.0293. The van der Waals surface area contributed by atoms with E-state index in [1.807, 2.05) is 51.5 Å². The van der Waals surface area contributed by atoms with E-state index in [4.69, 9.17) is 4.74 Å². The summed E-state index contributed by atoms with van der Waals surface area (Å²) in [6, 6.07) is 9.57. The summed E-state index contributed by atoms with van der Waals surface area (Å²) in [5.74, 6) is 0.806. The van der Waals surface area contributed by atoms with Crippen LogP contribution in [0.15, 0.2) is 36.5 Å². The van der Waals surface area contributed by atoms with Crippen molar-refractivity contribution < 1.29 is 9.53 Å². The van der Waals surface area contributed by atoms with Crippen LogP contribution in [0.25, 0.3) is 0 Å². The van der Waals surface area contributed by atoms with Gasteiger partial charge in [0.25, 0.3) is 5.91 Å². The maximum absolute atomic E-state index is 12.6. The second-order valence-corrected chi connectivity index (χ2v) is 7.73. The number of likely N-dealkylation sites (tertiary alicyclic amines) is 1. The Morgan fingerprint density at radius 1 is 1.21 bits per heavy atom. The van der Waals surface area contributed by atoms with E-state index in [1.54, 1.807) is 11.1 Å². The molecule has 0 atom stereocenters. The summed E-state index contributed by atoms with van der Waals surface area (Å²) < 4.78 is 6.18. The maximum atomic E-state index is 12.6. The number of aromatic amines is 1. The first-order valence-electron chi connectivity index (χ1n) is 9.89. The van der Waals surface area contributed by atoms with Gasteiger partial charge in [-0.05, 0) is 51.2 Å². The highest BCUT2D eigenvalue weighted by Gasteiger charge is 2.21. The van der Waals surface area contributed by atoms with Crippen LogP contribution in [0.4, 0.5) is 0 Å². The molecular weight excluding hydrogens is 354 g/mol. The lowest BCUT2D eigenvalue weighted by Gasteiger charge is -2.31. The number of ether oxygens (including phenoxy) is 1. The van der Waals surface area contributed by atoms with Gasteiger partial charge in [0.05, 0.1) is 0 Å². The first-order valence-corrected chi connectivity index (χ1v) is 9.89. The summed E-state index contributed by atoms with van der Waals surface area (Å²) >= 11 is 0. The molecule has 0 radical (unpaired) electrons. The average molecular weight is 386 g/mol. The summed E-state index contributed by atoms with van der Waals surface area (Å²) in [6.07, 6.45) is 3.94. The first kappa shape index (κ1) is 20.4. The van der Waals surface area contributed by atoms with Gasteiger partial charge in [-0.1, -0.05) is 6.07 Å². The smallest absolute Gasteiger partial charge is 0.253 e. The number of nitrogens with zero attached hydrogens (tertiary/aromatic N) is 4. The molecular formula is C21H31N5O2. The zero-order valence-corrected chi connectivity index (χ0v) is 17.1. The highest BCUT2D eigenvalue weighted by molar-refractivity contribution is 5.94. The number of carbonyl (C=O) groups excluding carboxylic acids is 1. The number of hydrogen-bond donors (Lipinski definition) is 1. The Kier molecular flexibility index (Phi) is 7.06. The largest absolute Gasteiger partial charge is 0.490 e. The quantitative estimate of drug-likeness (QED) is 0.754. The molecule has 152 valence electrons. The second kappa shape index (κ2) is 9.71. The van der Waals surface area contributed by atoms with Gasteiger partial charge < -0.3 is 14.5 Å². The molecule has 0 aliphatic carbocycles. The number of hydrogen-bond acceptors (Lipinski definition) is 5. The molecule has 1 aliphatic rings. The fraction of sp³-hybridized carbons (Fsp3) is 0.524. The lowest BCUT2D eigenvalue weighted by atomic mass is 10.1. The molecule has 1 saturated heterocycles. The van der Waals surface area contributed by atoms with Crippen LogP contribution in [0.5, 0.6) is 5.75 Å². The number of benzene rings is 1. The molecule has 0 unspecified atom stereocenters. The van der Waals surface area contributed by atoms with Gasteiger partial charge in [-0.3, -0.25) is 14.8 Å². The second-order valence-electron chi connectivity index (χ2n) is 7.73. The zero-order chi connectivity index (χ0) is 19.9. The Morgan fingerprint density at radius 3 is 2.68 bits per heavy atom. The zero-order valence-electron chi connectivity index (χ0n) is 17.1. The molecule has 28 heavy (non-hydrogen) atoms. The SMILES string of the molecule is CN(C)CCN(C)C(=O)c1cccc(OC2CCN(Cc3ccn[nH]3)CC2)c1. The molecule has 1 aromatic heterocycles. The van der Waals surface area contributed by atoms with Gasteiger partial charge in [0.1, 0.15) is 11.9 Å². The third-order valence-corrected chi connectivity index (χ3v) is 5.10. The van der Waals surface area contributed by atoms with Gasteiger partial charge in [0.15, 0.2) is 0 Å². The van der Waals surface area contributed by atoms with Gasteiger partial charge in [0.2, 0.25) is 0 Å². The summed E-state index contributed by atoms with van der Waals surface area (Å²) in [6.45, 7) is 4.43. The van der Waals surface area contributed by atoms with Crippen molar-refractivity contribution >= 4 is 5.91 Å². The van der Waals surface area contributed by atoms with Crippen LogP contribution >= 0.6 is 0 Å². The average Bonchev–Trinajstić information content (AvgIpc) is 3.20. The van der Waals surface area contributed by atoms with Crippen molar-refractivity contribution in [3.05, 3.63) is 47.8 Å². The minimum Gasteiger partial charge on any atom is -0.490 e. The van der Waals surface area contributed by atoms with Crippen molar-refractivity contribution in [3.63, 3.8) is 0 Å². The molecule has 3 rings (SSSR count). The molecule has 7 heteroatoms. The van der Waals surface area contributed by atoms with E-state index in [9.17, 15) is 4.79 Å². The van der Waals surface area contributed by atoms with Crippen molar-refractivity contribution in [1.29, 1.82) is 0 Å². The van der Waals surface area contributed by atoms with Crippen molar-refractivity contribution in [2.45, 2.75) is 25.5 Å². The van der Waals surface area contributed by atoms with Gasteiger partial charge in [0, 0.05) is 57.2 Å². The van der Waals surface area contributed by atoms with Crippen LogP contribution in [-0.2, 0) is 6.54 Å². The van der Waals surface area contributed by atoms with Gasteiger partial charge >= 0.3 is 0 Å². The molecule has 2 aromatic rings. The fourth-order valence-electron chi connectivity index (χ4n) is 3.37. The van der Waals surface area contributed by atoms with Gasteiger partial charge in [-0.15, -0.1) is 0 Å². The predicted octanol–water partition coefficient (Wildman–Crippen LogP) is 2.09. The molecule has 2 heterocycles. The van der Waals surface area contributed by atoms with Gasteiger partial charge in [-0.2, -0.15) is 5.10 Å². The highest BCUT2D eigenvalue weighted by Crippen LogP contribution is 2.21. The van der Waals surface area contributed by atoms with E-state index in [2.05, 4.69) is 20.0 Å². The Labute approximate surface area is 167 Å². The van der Waals surface area contributed by atoms with Gasteiger partial charge in [-0.25, -0.2) is 0 Å². The molecule has 0 spiro atoms. The molecule has 7 nitrogen and oxygen atoms in total. The first-order chi connectivity index (χ1) is 13.5. The Bertz CT molecular complexity index is 739. The topological polar surface area (TPSA) is 64.7 Å². The van der Waals surface area contributed by atoms with E-state index < -0.39 is 0 Å². The minimum absolute atomic E-state index is 0.0293. The number of amides is 1.